The van der Waals surface area contributed by atoms with Gasteiger partial charge in [-0.2, -0.15) is 0 Å². The first-order valence-electron chi connectivity index (χ1n) is 7.52. The minimum atomic E-state index is -0.926. The number of aromatic nitrogens is 1. The molecule has 2 saturated heterocycles. The maximum Gasteiger partial charge on any atom is 0.209 e. The fraction of sp³-hybridized carbons (Fsp3) is 0.625. The molecule has 1 aromatic heterocycles. The first-order valence-corrected chi connectivity index (χ1v) is 7.52. The Morgan fingerprint density at radius 3 is 2.38 bits per heavy atom. The first-order chi connectivity index (χ1) is 9.86. The van der Waals surface area contributed by atoms with Gasteiger partial charge in [-0.05, 0) is 38.5 Å². The summed E-state index contributed by atoms with van der Waals surface area (Å²) in [6, 6.07) is 4.02. The third-order valence-corrected chi connectivity index (χ3v) is 4.57. The van der Waals surface area contributed by atoms with Crippen LogP contribution >= 0.6 is 0 Å². The van der Waals surface area contributed by atoms with Crippen LogP contribution in [-0.2, 0) is 10.4 Å². The van der Waals surface area contributed by atoms with Crippen molar-refractivity contribution >= 4 is 12.2 Å². The Bertz CT molecular complexity index is 539. The zero-order valence-electron chi connectivity index (χ0n) is 12.9. The van der Waals surface area contributed by atoms with E-state index in [1.165, 1.54) is 0 Å². The maximum atomic E-state index is 10.9. The van der Waals surface area contributed by atoms with E-state index in [1.807, 2.05) is 17.9 Å². The second kappa shape index (κ2) is 4.98. The standard InChI is InChI=1S/C16H23N3O2/c1-11-4-14(16(2,3)21)17-15(5-11)19-8-12-6-18(10-20)7-13(12)9-19/h4-5,10,12-13,21H,6-9H2,1-3H3/t12-,13+. The molecule has 1 aromatic rings. The lowest BCUT2D eigenvalue weighted by molar-refractivity contribution is -0.117. The van der Waals surface area contributed by atoms with Crippen LogP contribution in [0.15, 0.2) is 12.1 Å². The average molecular weight is 289 g/mol. The van der Waals surface area contributed by atoms with Gasteiger partial charge in [0.15, 0.2) is 0 Å². The molecule has 2 aliphatic heterocycles. The highest BCUT2D eigenvalue weighted by molar-refractivity contribution is 5.49. The van der Waals surface area contributed by atoms with Gasteiger partial charge in [-0.25, -0.2) is 4.98 Å². The van der Waals surface area contributed by atoms with Crippen LogP contribution in [0, 0.1) is 18.8 Å². The monoisotopic (exact) mass is 289 g/mol. The lowest BCUT2D eigenvalue weighted by Crippen LogP contribution is -2.29. The fourth-order valence-electron chi connectivity index (χ4n) is 3.43. The van der Waals surface area contributed by atoms with E-state index in [9.17, 15) is 9.90 Å². The first kappa shape index (κ1) is 14.3. The third kappa shape index (κ3) is 2.75. The Labute approximate surface area is 125 Å². The number of likely N-dealkylation sites (tertiary alicyclic amines) is 1. The molecule has 3 rings (SSSR count). The SMILES string of the molecule is Cc1cc(N2C[C@H]3CN(C=O)C[C@H]3C2)nc(C(C)(C)O)c1. The predicted molar refractivity (Wildman–Crippen MR) is 81.0 cm³/mol. The fourth-order valence-corrected chi connectivity index (χ4v) is 3.43. The summed E-state index contributed by atoms with van der Waals surface area (Å²) in [6.45, 7) is 9.15. The molecular weight excluding hydrogens is 266 g/mol. The smallest absolute Gasteiger partial charge is 0.209 e. The largest absolute Gasteiger partial charge is 0.384 e. The summed E-state index contributed by atoms with van der Waals surface area (Å²) in [5, 5.41) is 10.2. The Hall–Kier alpha value is -1.62. The molecule has 2 aliphatic rings. The van der Waals surface area contributed by atoms with Gasteiger partial charge in [-0.15, -0.1) is 0 Å². The lowest BCUT2D eigenvalue weighted by atomic mass is 10.0. The number of amides is 1. The van der Waals surface area contributed by atoms with Crippen molar-refractivity contribution in [2.75, 3.05) is 31.1 Å². The lowest BCUT2D eigenvalue weighted by Gasteiger charge is -2.24. The molecule has 114 valence electrons. The van der Waals surface area contributed by atoms with E-state index in [0.717, 1.165) is 44.0 Å². The van der Waals surface area contributed by atoms with E-state index in [-0.39, 0.29) is 0 Å². The van der Waals surface area contributed by atoms with Gasteiger partial charge in [0, 0.05) is 38.0 Å². The number of fused-ring (bicyclic) bond motifs is 1. The zero-order chi connectivity index (χ0) is 15.2. The highest BCUT2D eigenvalue weighted by Crippen LogP contribution is 2.33. The summed E-state index contributed by atoms with van der Waals surface area (Å²) in [6.07, 6.45) is 0.958. The number of hydrogen-bond acceptors (Lipinski definition) is 4. The highest BCUT2D eigenvalue weighted by Gasteiger charge is 2.40. The van der Waals surface area contributed by atoms with Gasteiger partial charge < -0.3 is 14.9 Å². The molecule has 2 atom stereocenters. The van der Waals surface area contributed by atoms with E-state index in [1.54, 1.807) is 13.8 Å². The molecule has 1 N–H and O–H groups in total. The topological polar surface area (TPSA) is 56.7 Å². The van der Waals surface area contributed by atoms with E-state index in [4.69, 9.17) is 0 Å². The average Bonchev–Trinajstić information content (AvgIpc) is 2.94. The second-order valence-corrected chi connectivity index (χ2v) is 6.93. The summed E-state index contributed by atoms with van der Waals surface area (Å²) in [5.41, 5.74) is 0.901. The molecule has 5 nitrogen and oxygen atoms in total. The van der Waals surface area contributed by atoms with Gasteiger partial charge in [0.1, 0.15) is 11.4 Å². The molecule has 0 aromatic carbocycles. The molecule has 0 bridgehead atoms. The summed E-state index contributed by atoms with van der Waals surface area (Å²) >= 11 is 0. The Morgan fingerprint density at radius 1 is 1.24 bits per heavy atom. The van der Waals surface area contributed by atoms with Crippen LogP contribution in [0.25, 0.3) is 0 Å². The molecule has 0 spiro atoms. The van der Waals surface area contributed by atoms with E-state index in [2.05, 4.69) is 16.0 Å². The summed E-state index contributed by atoms with van der Waals surface area (Å²) < 4.78 is 0. The van der Waals surface area contributed by atoms with Crippen LogP contribution < -0.4 is 4.90 Å². The van der Waals surface area contributed by atoms with Crippen molar-refractivity contribution in [3.63, 3.8) is 0 Å². The number of carbonyl (C=O) groups excluding carboxylic acids is 1. The van der Waals surface area contributed by atoms with Crippen molar-refractivity contribution in [3.8, 4) is 0 Å². The molecule has 1 amide bonds. The van der Waals surface area contributed by atoms with Gasteiger partial charge in [0.25, 0.3) is 0 Å². The Balaban J connectivity index is 1.80. The Morgan fingerprint density at radius 2 is 1.86 bits per heavy atom. The zero-order valence-corrected chi connectivity index (χ0v) is 12.9. The molecule has 0 unspecified atom stereocenters. The normalized spacial score (nSPS) is 25.3. The van der Waals surface area contributed by atoms with Gasteiger partial charge in [0.2, 0.25) is 6.41 Å². The predicted octanol–water partition coefficient (Wildman–Crippen LogP) is 1.14. The summed E-state index contributed by atoms with van der Waals surface area (Å²) in [7, 11) is 0. The number of aliphatic hydroxyl groups is 1. The summed E-state index contributed by atoms with van der Waals surface area (Å²) in [5.74, 6) is 2.03. The van der Waals surface area contributed by atoms with Crippen LogP contribution in [0.3, 0.4) is 0 Å². The quantitative estimate of drug-likeness (QED) is 0.848. The van der Waals surface area contributed by atoms with E-state index >= 15 is 0 Å². The molecule has 3 heterocycles. The van der Waals surface area contributed by atoms with Crippen molar-refractivity contribution in [1.82, 2.24) is 9.88 Å². The van der Waals surface area contributed by atoms with Gasteiger partial charge in [-0.1, -0.05) is 0 Å². The molecule has 5 heteroatoms. The van der Waals surface area contributed by atoms with Crippen molar-refractivity contribution < 1.29 is 9.90 Å². The maximum absolute atomic E-state index is 10.9. The van der Waals surface area contributed by atoms with Crippen molar-refractivity contribution in [2.24, 2.45) is 11.8 Å². The van der Waals surface area contributed by atoms with Crippen LogP contribution in [0.2, 0.25) is 0 Å². The van der Waals surface area contributed by atoms with Crippen molar-refractivity contribution in [2.45, 2.75) is 26.4 Å². The van der Waals surface area contributed by atoms with Crippen LogP contribution in [-0.4, -0.2) is 47.6 Å². The van der Waals surface area contributed by atoms with Crippen LogP contribution in [0.1, 0.15) is 25.1 Å². The van der Waals surface area contributed by atoms with Gasteiger partial charge >= 0.3 is 0 Å². The molecule has 2 fully saturated rings. The van der Waals surface area contributed by atoms with Crippen LogP contribution in [0.5, 0.6) is 0 Å². The minimum absolute atomic E-state index is 0.545. The number of nitrogens with zero attached hydrogens (tertiary/aromatic N) is 3. The van der Waals surface area contributed by atoms with Gasteiger partial charge in [-0.3, -0.25) is 4.79 Å². The molecular formula is C16H23N3O2. The van der Waals surface area contributed by atoms with Gasteiger partial charge in [0.05, 0.1) is 5.69 Å². The number of anilines is 1. The highest BCUT2D eigenvalue weighted by atomic mass is 16.3. The molecule has 0 radical (unpaired) electrons. The molecule has 21 heavy (non-hydrogen) atoms. The number of carbonyl (C=O) groups is 1. The third-order valence-electron chi connectivity index (χ3n) is 4.57. The number of rotatable bonds is 3. The molecule has 0 aliphatic carbocycles. The second-order valence-electron chi connectivity index (χ2n) is 6.93. The number of pyridine rings is 1. The van der Waals surface area contributed by atoms with E-state index in [0.29, 0.717) is 17.5 Å². The van der Waals surface area contributed by atoms with E-state index < -0.39 is 5.60 Å². The van der Waals surface area contributed by atoms with Crippen molar-refractivity contribution in [1.29, 1.82) is 0 Å². The summed E-state index contributed by atoms with van der Waals surface area (Å²) in [4.78, 5) is 19.7. The minimum Gasteiger partial charge on any atom is -0.384 e. The van der Waals surface area contributed by atoms with Crippen molar-refractivity contribution in [3.05, 3.63) is 23.4 Å². The number of aryl methyl sites for hydroxylation is 1. The number of hydrogen-bond donors (Lipinski definition) is 1. The van der Waals surface area contributed by atoms with Crippen LogP contribution in [0.4, 0.5) is 5.82 Å². The Kier molecular flexibility index (Phi) is 3.40. The molecule has 0 saturated carbocycles.